The van der Waals surface area contributed by atoms with E-state index in [4.69, 9.17) is 0 Å². The molecule has 1 N–H and O–H groups in total. The molecule has 0 fully saturated rings. The quantitative estimate of drug-likeness (QED) is 0.935. The smallest absolute Gasteiger partial charge is 0.255 e. The van der Waals surface area contributed by atoms with E-state index in [0.717, 1.165) is 5.56 Å². The highest BCUT2D eigenvalue weighted by Crippen LogP contribution is 2.27. The summed E-state index contributed by atoms with van der Waals surface area (Å²) in [7, 11) is 0. The van der Waals surface area contributed by atoms with Crippen LogP contribution in [0.15, 0.2) is 48.5 Å². The lowest BCUT2D eigenvalue weighted by Crippen LogP contribution is -2.47. The first-order valence-electron chi connectivity index (χ1n) is 7.93. The average Bonchev–Trinajstić information content (AvgIpc) is 2.87. The molecule has 124 valence electrons. The summed E-state index contributed by atoms with van der Waals surface area (Å²) in [5.41, 5.74) is 1.66. The number of hydrogen-bond acceptors (Lipinski definition) is 2. The number of halogens is 1. The maximum absolute atomic E-state index is 13.8. The number of nitrogens with one attached hydrogen (secondary N) is 1. The van der Waals surface area contributed by atoms with Crippen LogP contribution in [0.5, 0.6) is 0 Å². The Hall–Kier alpha value is -2.69. The van der Waals surface area contributed by atoms with Gasteiger partial charge in [0.25, 0.3) is 5.91 Å². The predicted octanol–water partition coefficient (Wildman–Crippen LogP) is 3.44. The first kappa shape index (κ1) is 16.2. The molecule has 0 saturated carbocycles. The molecule has 0 spiro atoms. The predicted molar refractivity (Wildman–Crippen MR) is 90.0 cm³/mol. The average molecular weight is 326 g/mol. The van der Waals surface area contributed by atoms with Crippen LogP contribution in [0.3, 0.4) is 0 Å². The Morgan fingerprint density at radius 3 is 2.46 bits per heavy atom. The minimum absolute atomic E-state index is 0.102. The van der Waals surface area contributed by atoms with E-state index in [1.165, 1.54) is 12.1 Å². The van der Waals surface area contributed by atoms with Gasteiger partial charge in [-0.05, 0) is 29.7 Å². The van der Waals surface area contributed by atoms with Crippen molar-refractivity contribution in [3.05, 3.63) is 65.5 Å². The third-order valence-electron chi connectivity index (χ3n) is 4.22. The van der Waals surface area contributed by atoms with E-state index in [1.54, 1.807) is 23.1 Å². The Morgan fingerprint density at radius 1 is 1.12 bits per heavy atom. The highest BCUT2D eigenvalue weighted by atomic mass is 19.1. The number of rotatable bonds is 4. The molecule has 2 amide bonds. The Morgan fingerprint density at radius 2 is 1.79 bits per heavy atom. The fourth-order valence-electron chi connectivity index (χ4n) is 3.07. The largest absolute Gasteiger partial charge is 0.322 e. The molecule has 2 aromatic carbocycles. The summed E-state index contributed by atoms with van der Waals surface area (Å²) >= 11 is 0. The van der Waals surface area contributed by atoms with Crippen molar-refractivity contribution in [2.24, 2.45) is 5.92 Å². The number of fused-ring (bicyclic) bond motifs is 1. The van der Waals surface area contributed by atoms with Crippen LogP contribution in [0.25, 0.3) is 0 Å². The van der Waals surface area contributed by atoms with E-state index in [2.05, 4.69) is 5.32 Å². The van der Waals surface area contributed by atoms with Gasteiger partial charge in [-0.25, -0.2) is 4.39 Å². The van der Waals surface area contributed by atoms with Crippen LogP contribution < -0.4 is 5.32 Å². The van der Waals surface area contributed by atoms with Crippen molar-refractivity contribution in [3.63, 3.8) is 0 Å². The molecule has 0 aliphatic carbocycles. The van der Waals surface area contributed by atoms with Crippen molar-refractivity contribution in [1.82, 2.24) is 4.90 Å². The van der Waals surface area contributed by atoms with Gasteiger partial charge in [0.05, 0.1) is 5.69 Å². The minimum Gasteiger partial charge on any atom is -0.322 e. The number of nitrogens with zero attached hydrogens (tertiary/aromatic N) is 1. The number of benzene rings is 2. The summed E-state index contributed by atoms with van der Waals surface area (Å²) in [5, 5.41) is 2.61. The molecule has 1 atom stereocenters. The second kappa shape index (κ2) is 6.43. The molecule has 1 heterocycles. The summed E-state index contributed by atoms with van der Waals surface area (Å²) in [5.74, 6) is -1.14. The topological polar surface area (TPSA) is 49.4 Å². The zero-order valence-electron chi connectivity index (χ0n) is 13.6. The lowest BCUT2D eigenvalue weighted by atomic mass is 10.0. The Bertz CT molecular complexity index is 788. The van der Waals surface area contributed by atoms with Gasteiger partial charge in [-0.2, -0.15) is 0 Å². The fraction of sp³-hybridized carbons (Fsp3) is 0.263. The van der Waals surface area contributed by atoms with Crippen LogP contribution in [0.4, 0.5) is 10.1 Å². The standard InChI is InChI=1S/C19H19FN2O2/c1-12(2)17(18(23)21-16-10-6-5-9-15(16)20)22-11-13-7-3-4-8-14(13)19(22)24/h3-10,12,17H,11H2,1-2H3,(H,21,23)/t17-/m0/s1. The maximum atomic E-state index is 13.8. The van der Waals surface area contributed by atoms with E-state index in [1.807, 2.05) is 32.0 Å². The van der Waals surface area contributed by atoms with E-state index in [9.17, 15) is 14.0 Å². The Balaban J connectivity index is 1.85. The first-order valence-corrected chi connectivity index (χ1v) is 7.93. The lowest BCUT2D eigenvalue weighted by molar-refractivity contribution is -0.122. The van der Waals surface area contributed by atoms with Gasteiger partial charge in [-0.1, -0.05) is 44.2 Å². The van der Waals surface area contributed by atoms with E-state index in [0.29, 0.717) is 12.1 Å². The van der Waals surface area contributed by atoms with Crippen LogP contribution in [-0.4, -0.2) is 22.8 Å². The van der Waals surface area contributed by atoms with E-state index < -0.39 is 11.9 Å². The molecule has 0 bridgehead atoms. The summed E-state index contributed by atoms with van der Waals surface area (Å²) in [6.45, 7) is 4.15. The molecule has 24 heavy (non-hydrogen) atoms. The molecule has 2 aromatic rings. The third kappa shape index (κ3) is 2.89. The maximum Gasteiger partial charge on any atom is 0.255 e. The molecule has 3 rings (SSSR count). The van der Waals surface area contributed by atoms with Gasteiger partial charge in [-0.3, -0.25) is 9.59 Å². The molecule has 4 nitrogen and oxygen atoms in total. The minimum atomic E-state index is -0.662. The third-order valence-corrected chi connectivity index (χ3v) is 4.22. The van der Waals surface area contributed by atoms with Crippen molar-refractivity contribution in [2.45, 2.75) is 26.4 Å². The molecule has 0 aromatic heterocycles. The number of anilines is 1. The number of hydrogen-bond donors (Lipinski definition) is 1. The molecular formula is C19H19FN2O2. The first-order chi connectivity index (χ1) is 11.5. The monoisotopic (exact) mass is 326 g/mol. The highest BCUT2D eigenvalue weighted by Gasteiger charge is 2.38. The van der Waals surface area contributed by atoms with Gasteiger partial charge in [0, 0.05) is 12.1 Å². The van der Waals surface area contributed by atoms with Crippen LogP contribution in [-0.2, 0) is 11.3 Å². The van der Waals surface area contributed by atoms with Crippen LogP contribution >= 0.6 is 0 Å². The summed E-state index contributed by atoms with van der Waals surface area (Å²) < 4.78 is 13.8. The second-order valence-electron chi connectivity index (χ2n) is 6.25. The van der Waals surface area contributed by atoms with Gasteiger partial charge in [-0.15, -0.1) is 0 Å². The van der Waals surface area contributed by atoms with Crippen LogP contribution in [0.2, 0.25) is 0 Å². The summed E-state index contributed by atoms with van der Waals surface area (Å²) in [6.07, 6.45) is 0. The molecular weight excluding hydrogens is 307 g/mol. The normalized spacial score (nSPS) is 14.7. The lowest BCUT2D eigenvalue weighted by Gasteiger charge is -2.30. The van der Waals surface area contributed by atoms with Crippen molar-refractivity contribution >= 4 is 17.5 Å². The number of para-hydroxylation sites is 1. The fourth-order valence-corrected chi connectivity index (χ4v) is 3.07. The Kier molecular flexibility index (Phi) is 4.34. The van der Waals surface area contributed by atoms with Crippen LogP contribution in [0, 0.1) is 11.7 Å². The summed E-state index contributed by atoms with van der Waals surface area (Å²) in [4.78, 5) is 26.9. The number of carbonyl (C=O) groups excluding carboxylic acids is 2. The molecule has 5 heteroatoms. The van der Waals surface area contributed by atoms with Crippen molar-refractivity contribution in [3.8, 4) is 0 Å². The van der Waals surface area contributed by atoms with Crippen molar-refractivity contribution < 1.29 is 14.0 Å². The molecule has 0 radical (unpaired) electrons. The number of carbonyl (C=O) groups is 2. The molecule has 0 saturated heterocycles. The van der Waals surface area contributed by atoms with Gasteiger partial charge in [0.1, 0.15) is 11.9 Å². The van der Waals surface area contributed by atoms with Gasteiger partial charge < -0.3 is 10.2 Å². The van der Waals surface area contributed by atoms with Crippen molar-refractivity contribution in [2.75, 3.05) is 5.32 Å². The Labute approximate surface area is 140 Å². The van der Waals surface area contributed by atoms with E-state index in [-0.39, 0.29) is 23.4 Å². The second-order valence-corrected chi connectivity index (χ2v) is 6.25. The zero-order valence-corrected chi connectivity index (χ0v) is 13.6. The van der Waals surface area contributed by atoms with Gasteiger partial charge in [0.2, 0.25) is 5.91 Å². The van der Waals surface area contributed by atoms with Gasteiger partial charge >= 0.3 is 0 Å². The zero-order chi connectivity index (χ0) is 17.3. The van der Waals surface area contributed by atoms with Gasteiger partial charge in [0.15, 0.2) is 0 Å². The molecule has 0 unspecified atom stereocenters. The number of amides is 2. The SMILES string of the molecule is CC(C)[C@@H](C(=O)Nc1ccccc1F)N1Cc2ccccc2C1=O. The van der Waals surface area contributed by atoms with Crippen LogP contribution in [0.1, 0.15) is 29.8 Å². The molecule has 1 aliphatic rings. The summed E-state index contributed by atoms with van der Waals surface area (Å²) in [6, 6.07) is 12.7. The highest BCUT2D eigenvalue weighted by molar-refractivity contribution is 6.03. The van der Waals surface area contributed by atoms with Crippen molar-refractivity contribution in [1.29, 1.82) is 0 Å². The van der Waals surface area contributed by atoms with E-state index >= 15 is 0 Å². The molecule has 1 aliphatic heterocycles.